The third-order valence-corrected chi connectivity index (χ3v) is 5.44. The summed E-state index contributed by atoms with van der Waals surface area (Å²) < 4.78 is 0. The summed E-state index contributed by atoms with van der Waals surface area (Å²) in [7, 11) is 0. The molecule has 1 aliphatic heterocycles. The molecule has 1 aliphatic rings. The minimum Gasteiger partial charge on any atom is -0.303 e. The van der Waals surface area contributed by atoms with Crippen LogP contribution in [0.4, 0.5) is 0 Å². The van der Waals surface area contributed by atoms with E-state index in [2.05, 4.69) is 36.5 Å². The quantitative estimate of drug-likeness (QED) is 0.750. The SMILES string of the molecule is CC(NC1CCSc2ccc(Cl)cc21)c1ccc(Cl)cc1. The fraction of sp³-hybridized carbons (Fsp3) is 0.294. The minimum atomic E-state index is 0.280. The van der Waals surface area contributed by atoms with E-state index in [9.17, 15) is 0 Å². The molecule has 0 bridgehead atoms. The van der Waals surface area contributed by atoms with Gasteiger partial charge in [0.1, 0.15) is 0 Å². The molecular weight excluding hydrogens is 321 g/mol. The Labute approximate surface area is 140 Å². The number of fused-ring (bicyclic) bond motifs is 1. The molecule has 1 heterocycles. The van der Waals surface area contributed by atoms with Gasteiger partial charge in [0.15, 0.2) is 0 Å². The van der Waals surface area contributed by atoms with Gasteiger partial charge in [-0.1, -0.05) is 35.3 Å². The van der Waals surface area contributed by atoms with E-state index >= 15 is 0 Å². The van der Waals surface area contributed by atoms with E-state index in [0.29, 0.717) is 6.04 Å². The van der Waals surface area contributed by atoms with Gasteiger partial charge in [-0.15, -0.1) is 11.8 Å². The van der Waals surface area contributed by atoms with Crippen LogP contribution in [-0.4, -0.2) is 5.75 Å². The molecule has 2 aromatic carbocycles. The number of halogens is 2. The van der Waals surface area contributed by atoms with Crippen molar-refractivity contribution in [3.63, 3.8) is 0 Å². The van der Waals surface area contributed by atoms with Crippen molar-refractivity contribution in [3.05, 3.63) is 63.6 Å². The van der Waals surface area contributed by atoms with Crippen molar-refractivity contribution in [3.8, 4) is 0 Å². The lowest BCUT2D eigenvalue weighted by atomic mass is 10.0. The molecular formula is C17H17Cl2NS. The van der Waals surface area contributed by atoms with Gasteiger partial charge in [0.2, 0.25) is 0 Å². The van der Waals surface area contributed by atoms with Crippen molar-refractivity contribution >= 4 is 35.0 Å². The van der Waals surface area contributed by atoms with Gasteiger partial charge in [-0.3, -0.25) is 0 Å². The van der Waals surface area contributed by atoms with Gasteiger partial charge in [0.25, 0.3) is 0 Å². The largest absolute Gasteiger partial charge is 0.303 e. The Hall–Kier alpha value is -0.670. The maximum Gasteiger partial charge on any atom is 0.0410 e. The van der Waals surface area contributed by atoms with Crippen molar-refractivity contribution in [2.24, 2.45) is 0 Å². The molecule has 0 spiro atoms. The molecule has 3 rings (SSSR count). The summed E-state index contributed by atoms with van der Waals surface area (Å²) in [5.74, 6) is 1.14. The Morgan fingerprint density at radius 1 is 1.10 bits per heavy atom. The minimum absolute atomic E-state index is 0.280. The Balaban J connectivity index is 1.80. The van der Waals surface area contributed by atoms with Crippen LogP contribution in [0.25, 0.3) is 0 Å². The number of hydrogen-bond acceptors (Lipinski definition) is 2. The van der Waals surface area contributed by atoms with E-state index in [-0.39, 0.29) is 6.04 Å². The molecule has 0 radical (unpaired) electrons. The zero-order chi connectivity index (χ0) is 14.8. The van der Waals surface area contributed by atoms with Gasteiger partial charge < -0.3 is 5.32 Å². The first-order chi connectivity index (χ1) is 10.1. The van der Waals surface area contributed by atoms with Crippen molar-refractivity contribution in [1.29, 1.82) is 0 Å². The highest BCUT2D eigenvalue weighted by Crippen LogP contribution is 2.38. The molecule has 0 saturated heterocycles. The molecule has 0 aliphatic carbocycles. The number of benzene rings is 2. The van der Waals surface area contributed by atoms with Crippen molar-refractivity contribution in [1.82, 2.24) is 5.32 Å². The van der Waals surface area contributed by atoms with Crippen LogP contribution < -0.4 is 5.32 Å². The fourth-order valence-corrected chi connectivity index (χ4v) is 4.10. The van der Waals surface area contributed by atoms with Gasteiger partial charge in [0, 0.05) is 27.0 Å². The summed E-state index contributed by atoms with van der Waals surface area (Å²) in [5, 5.41) is 5.31. The van der Waals surface area contributed by atoms with Crippen molar-refractivity contribution in [2.75, 3.05) is 5.75 Å². The maximum absolute atomic E-state index is 6.16. The third-order valence-electron chi connectivity index (χ3n) is 3.83. The Bertz CT molecular complexity index is 627. The molecule has 2 aromatic rings. The zero-order valence-electron chi connectivity index (χ0n) is 11.8. The molecule has 110 valence electrons. The monoisotopic (exact) mass is 337 g/mol. The molecule has 1 N–H and O–H groups in total. The number of rotatable bonds is 3. The third kappa shape index (κ3) is 3.57. The summed E-state index contributed by atoms with van der Waals surface area (Å²) >= 11 is 14.0. The number of nitrogens with one attached hydrogen (secondary N) is 1. The first-order valence-corrected chi connectivity index (χ1v) is 8.81. The van der Waals surface area contributed by atoms with Crippen LogP contribution in [-0.2, 0) is 0 Å². The lowest BCUT2D eigenvalue weighted by molar-refractivity contribution is 0.450. The van der Waals surface area contributed by atoms with Gasteiger partial charge >= 0.3 is 0 Å². The smallest absolute Gasteiger partial charge is 0.0410 e. The van der Waals surface area contributed by atoms with E-state index in [1.165, 1.54) is 16.0 Å². The standard InChI is InChI=1S/C17H17Cl2NS/c1-11(12-2-4-13(18)5-3-12)20-16-8-9-21-17-7-6-14(19)10-15(16)17/h2-7,10-11,16,20H,8-9H2,1H3. The lowest BCUT2D eigenvalue weighted by Gasteiger charge is -2.29. The molecule has 0 fully saturated rings. The Morgan fingerprint density at radius 3 is 2.57 bits per heavy atom. The van der Waals surface area contributed by atoms with E-state index in [1.54, 1.807) is 0 Å². The summed E-state index contributed by atoms with van der Waals surface area (Å²) in [6.07, 6.45) is 1.12. The highest BCUT2D eigenvalue weighted by molar-refractivity contribution is 7.99. The van der Waals surface area contributed by atoms with Crippen molar-refractivity contribution < 1.29 is 0 Å². The average molecular weight is 338 g/mol. The molecule has 2 unspecified atom stereocenters. The average Bonchev–Trinajstić information content (AvgIpc) is 2.48. The van der Waals surface area contributed by atoms with E-state index in [0.717, 1.165) is 22.2 Å². The normalized spacial score (nSPS) is 19.1. The van der Waals surface area contributed by atoms with E-state index in [1.807, 2.05) is 30.0 Å². The summed E-state index contributed by atoms with van der Waals surface area (Å²) in [4.78, 5) is 1.34. The molecule has 1 nitrogen and oxygen atoms in total. The zero-order valence-corrected chi connectivity index (χ0v) is 14.1. The second-order valence-electron chi connectivity index (χ2n) is 5.31. The topological polar surface area (TPSA) is 12.0 Å². The summed E-state index contributed by atoms with van der Waals surface area (Å²) in [6, 6.07) is 14.9. The van der Waals surface area contributed by atoms with Crippen LogP contribution in [0.1, 0.15) is 36.6 Å². The molecule has 0 aromatic heterocycles. The molecule has 0 saturated carbocycles. The van der Waals surface area contributed by atoms with E-state index in [4.69, 9.17) is 23.2 Å². The Kier molecular flexibility index (Phi) is 4.80. The number of thioether (sulfide) groups is 1. The molecule has 21 heavy (non-hydrogen) atoms. The second kappa shape index (κ2) is 6.62. The van der Waals surface area contributed by atoms with Crippen LogP contribution in [0.5, 0.6) is 0 Å². The first-order valence-electron chi connectivity index (χ1n) is 7.07. The van der Waals surface area contributed by atoms with Crippen LogP contribution in [0.15, 0.2) is 47.4 Å². The lowest BCUT2D eigenvalue weighted by Crippen LogP contribution is -2.27. The van der Waals surface area contributed by atoms with Crippen LogP contribution >= 0.6 is 35.0 Å². The van der Waals surface area contributed by atoms with E-state index < -0.39 is 0 Å². The van der Waals surface area contributed by atoms with Gasteiger partial charge in [-0.2, -0.15) is 0 Å². The highest BCUT2D eigenvalue weighted by Gasteiger charge is 2.22. The Morgan fingerprint density at radius 2 is 1.81 bits per heavy atom. The van der Waals surface area contributed by atoms with Gasteiger partial charge in [0.05, 0.1) is 0 Å². The van der Waals surface area contributed by atoms with Crippen LogP contribution in [0, 0.1) is 0 Å². The summed E-state index contributed by atoms with van der Waals surface area (Å²) in [6.45, 7) is 2.19. The maximum atomic E-state index is 6.16. The van der Waals surface area contributed by atoms with Gasteiger partial charge in [-0.25, -0.2) is 0 Å². The number of hydrogen-bond donors (Lipinski definition) is 1. The predicted octanol–water partition coefficient (Wildman–Crippen LogP) is 5.88. The van der Waals surface area contributed by atoms with Gasteiger partial charge in [-0.05, 0) is 60.6 Å². The fourth-order valence-electron chi connectivity index (χ4n) is 2.69. The first kappa shape index (κ1) is 15.2. The van der Waals surface area contributed by atoms with Crippen molar-refractivity contribution in [2.45, 2.75) is 30.3 Å². The second-order valence-corrected chi connectivity index (χ2v) is 7.32. The van der Waals surface area contributed by atoms with Crippen LogP contribution in [0.2, 0.25) is 10.0 Å². The van der Waals surface area contributed by atoms with Crippen LogP contribution in [0.3, 0.4) is 0 Å². The molecule has 4 heteroatoms. The predicted molar refractivity (Wildman–Crippen MR) is 92.5 cm³/mol. The highest BCUT2D eigenvalue weighted by atomic mass is 35.5. The molecule has 0 amide bonds. The molecule has 2 atom stereocenters. The summed E-state index contributed by atoms with van der Waals surface area (Å²) in [5.41, 5.74) is 2.57.